The predicted molar refractivity (Wildman–Crippen MR) is 92.2 cm³/mol. The van der Waals surface area contributed by atoms with Crippen molar-refractivity contribution in [1.29, 1.82) is 0 Å². The first kappa shape index (κ1) is 17.5. The van der Waals surface area contributed by atoms with Crippen molar-refractivity contribution in [3.05, 3.63) is 64.1 Å². The van der Waals surface area contributed by atoms with Gasteiger partial charge in [0.05, 0.1) is 24.6 Å². The van der Waals surface area contributed by atoms with Crippen LogP contribution in [0.15, 0.2) is 41.2 Å². The highest BCUT2D eigenvalue weighted by molar-refractivity contribution is 5.95. The summed E-state index contributed by atoms with van der Waals surface area (Å²) >= 11 is 0. The molecule has 1 heterocycles. The van der Waals surface area contributed by atoms with E-state index in [4.69, 9.17) is 0 Å². The second-order valence-corrected chi connectivity index (χ2v) is 5.62. The summed E-state index contributed by atoms with van der Waals surface area (Å²) in [5, 5.41) is 7.53. The summed E-state index contributed by atoms with van der Waals surface area (Å²) < 4.78 is 33.2. The third-order valence-corrected chi connectivity index (χ3v) is 3.85. The third kappa shape index (κ3) is 3.26. The van der Waals surface area contributed by atoms with Gasteiger partial charge in [-0.2, -0.15) is 5.10 Å². The maximum atomic E-state index is 13.7. The normalized spacial score (nSPS) is 10.8. The molecule has 8 heteroatoms. The minimum atomic E-state index is -0.923. The van der Waals surface area contributed by atoms with Gasteiger partial charge < -0.3 is 10.1 Å². The number of methoxy groups -OCH3 is 1. The minimum Gasteiger partial charge on any atom is -0.491 e. The number of fused-ring (bicyclic) bond motifs is 1. The molecule has 0 saturated heterocycles. The molecule has 0 spiro atoms. The molecule has 6 nitrogen and oxygen atoms in total. The van der Waals surface area contributed by atoms with Crippen LogP contribution in [0.1, 0.15) is 5.69 Å². The first-order chi connectivity index (χ1) is 12.4. The largest absolute Gasteiger partial charge is 0.491 e. The Bertz CT molecular complexity index is 1040. The Morgan fingerprint density at radius 2 is 1.81 bits per heavy atom. The van der Waals surface area contributed by atoms with Gasteiger partial charge in [0, 0.05) is 30.3 Å². The molecule has 1 aromatic heterocycles. The van der Waals surface area contributed by atoms with E-state index in [0.717, 1.165) is 23.9 Å². The average molecular weight is 359 g/mol. The summed E-state index contributed by atoms with van der Waals surface area (Å²) in [6.07, 6.45) is -0.163. The zero-order valence-corrected chi connectivity index (χ0v) is 14.0. The number of hydrogen-bond acceptors (Lipinski definition) is 4. The number of nitrogens with zero attached hydrogens (tertiary/aromatic N) is 2. The van der Waals surface area contributed by atoms with Gasteiger partial charge in [0.15, 0.2) is 17.4 Å². The fraction of sp³-hybridized carbons (Fsp3) is 0.167. The average Bonchev–Trinajstić information content (AvgIpc) is 2.59. The summed E-state index contributed by atoms with van der Waals surface area (Å²) in [4.78, 5) is 24.4. The molecule has 1 amide bonds. The Labute approximate surface area is 147 Å². The van der Waals surface area contributed by atoms with Crippen LogP contribution >= 0.6 is 0 Å². The lowest BCUT2D eigenvalue weighted by Gasteiger charge is -2.10. The van der Waals surface area contributed by atoms with Crippen molar-refractivity contribution in [2.45, 2.75) is 6.42 Å². The number of aryl methyl sites for hydroxylation is 1. The molecule has 1 N–H and O–H groups in total. The third-order valence-electron chi connectivity index (χ3n) is 3.85. The second-order valence-electron chi connectivity index (χ2n) is 5.62. The van der Waals surface area contributed by atoms with E-state index in [9.17, 15) is 18.4 Å². The molecule has 0 aliphatic carbocycles. The number of rotatable bonds is 4. The molecule has 134 valence electrons. The SMILES string of the molecule is COc1c(F)cc(NC(=O)Cc2nn(C)c(=O)c3ccccc23)cc1F. The molecule has 3 rings (SSSR count). The van der Waals surface area contributed by atoms with Gasteiger partial charge in [0.25, 0.3) is 5.56 Å². The van der Waals surface area contributed by atoms with E-state index in [1.807, 2.05) is 0 Å². The number of aromatic nitrogens is 2. The van der Waals surface area contributed by atoms with Crippen LogP contribution in [-0.4, -0.2) is 22.8 Å². The molecule has 26 heavy (non-hydrogen) atoms. The maximum Gasteiger partial charge on any atom is 0.274 e. The van der Waals surface area contributed by atoms with Crippen LogP contribution in [0.25, 0.3) is 10.8 Å². The van der Waals surface area contributed by atoms with E-state index < -0.39 is 23.3 Å². The molecular formula is C18H15F2N3O3. The number of hydrogen-bond donors (Lipinski definition) is 1. The van der Waals surface area contributed by atoms with E-state index >= 15 is 0 Å². The van der Waals surface area contributed by atoms with Gasteiger partial charge in [-0.3, -0.25) is 9.59 Å². The van der Waals surface area contributed by atoms with E-state index in [1.165, 1.54) is 7.05 Å². The highest BCUT2D eigenvalue weighted by atomic mass is 19.1. The molecule has 3 aromatic rings. The van der Waals surface area contributed by atoms with Gasteiger partial charge in [0.2, 0.25) is 5.91 Å². The van der Waals surface area contributed by atoms with Gasteiger partial charge >= 0.3 is 0 Å². The Hall–Kier alpha value is -3.29. The number of anilines is 1. The van der Waals surface area contributed by atoms with Crippen molar-refractivity contribution in [3.63, 3.8) is 0 Å². The number of benzene rings is 2. The van der Waals surface area contributed by atoms with Crippen molar-refractivity contribution in [3.8, 4) is 5.75 Å². The van der Waals surface area contributed by atoms with Crippen molar-refractivity contribution in [1.82, 2.24) is 9.78 Å². The highest BCUT2D eigenvalue weighted by Gasteiger charge is 2.15. The van der Waals surface area contributed by atoms with Gasteiger partial charge in [0.1, 0.15) is 0 Å². The molecule has 0 unspecified atom stereocenters. The maximum absolute atomic E-state index is 13.7. The van der Waals surface area contributed by atoms with Crippen molar-refractivity contribution in [2.75, 3.05) is 12.4 Å². The molecule has 2 aromatic carbocycles. The molecule has 0 bridgehead atoms. The van der Waals surface area contributed by atoms with Crippen LogP contribution in [0.4, 0.5) is 14.5 Å². The molecule has 0 radical (unpaired) electrons. The van der Waals surface area contributed by atoms with E-state index in [-0.39, 0.29) is 17.7 Å². The van der Waals surface area contributed by atoms with Gasteiger partial charge in [-0.1, -0.05) is 18.2 Å². The molecular weight excluding hydrogens is 344 g/mol. The zero-order chi connectivity index (χ0) is 18.8. The zero-order valence-electron chi connectivity index (χ0n) is 14.0. The molecule has 0 atom stereocenters. The van der Waals surface area contributed by atoms with Crippen LogP contribution in [0, 0.1) is 11.6 Å². The Kier molecular flexibility index (Phi) is 4.66. The van der Waals surface area contributed by atoms with E-state index in [0.29, 0.717) is 16.5 Å². The van der Waals surface area contributed by atoms with Gasteiger partial charge in [-0.15, -0.1) is 0 Å². The van der Waals surface area contributed by atoms with Crippen molar-refractivity contribution in [2.24, 2.45) is 7.05 Å². The smallest absolute Gasteiger partial charge is 0.274 e. The van der Waals surface area contributed by atoms with Crippen molar-refractivity contribution < 1.29 is 18.3 Å². The summed E-state index contributed by atoms with van der Waals surface area (Å²) in [5.41, 5.74) is 0.0682. The summed E-state index contributed by atoms with van der Waals surface area (Å²) in [6, 6.07) is 8.72. The second kappa shape index (κ2) is 6.91. The molecule has 0 saturated carbocycles. The fourth-order valence-electron chi connectivity index (χ4n) is 2.69. The minimum absolute atomic E-state index is 0.0417. The Balaban J connectivity index is 1.89. The number of carbonyl (C=O) groups excluding carboxylic acids is 1. The van der Waals surface area contributed by atoms with Crippen molar-refractivity contribution >= 4 is 22.4 Å². The first-order valence-corrected chi connectivity index (χ1v) is 7.68. The summed E-state index contributed by atoms with van der Waals surface area (Å²) in [7, 11) is 2.64. The number of ether oxygens (including phenoxy) is 1. The van der Waals surface area contributed by atoms with E-state index in [2.05, 4.69) is 15.2 Å². The predicted octanol–water partition coefficient (Wildman–Crippen LogP) is 2.40. The summed E-state index contributed by atoms with van der Waals surface area (Å²) in [5.74, 6) is -2.89. The molecule has 0 aliphatic heterocycles. The Morgan fingerprint density at radius 3 is 2.42 bits per heavy atom. The number of carbonyl (C=O) groups is 1. The quantitative estimate of drug-likeness (QED) is 0.776. The van der Waals surface area contributed by atoms with Crippen LogP contribution in [0.3, 0.4) is 0 Å². The first-order valence-electron chi connectivity index (χ1n) is 7.68. The molecule has 0 fully saturated rings. The Morgan fingerprint density at radius 1 is 1.19 bits per heavy atom. The topological polar surface area (TPSA) is 73.2 Å². The monoisotopic (exact) mass is 359 g/mol. The number of amides is 1. The molecule has 0 aliphatic rings. The lowest BCUT2D eigenvalue weighted by atomic mass is 10.1. The standard InChI is InChI=1S/C18H15F2N3O3/c1-23-18(25)12-6-4-3-5-11(12)15(22-23)9-16(24)21-10-7-13(19)17(26-2)14(20)8-10/h3-8H,9H2,1-2H3,(H,21,24). The van der Waals surface area contributed by atoms with Gasteiger partial charge in [-0.25, -0.2) is 13.5 Å². The van der Waals surface area contributed by atoms with Crippen LogP contribution in [0.2, 0.25) is 0 Å². The lowest BCUT2D eigenvalue weighted by Crippen LogP contribution is -2.24. The van der Waals surface area contributed by atoms with Crippen LogP contribution in [0.5, 0.6) is 5.75 Å². The number of nitrogens with one attached hydrogen (secondary N) is 1. The van der Waals surface area contributed by atoms with Gasteiger partial charge in [-0.05, 0) is 6.07 Å². The van der Waals surface area contributed by atoms with Crippen LogP contribution < -0.4 is 15.6 Å². The fourth-order valence-corrected chi connectivity index (χ4v) is 2.69. The van der Waals surface area contributed by atoms with E-state index in [1.54, 1.807) is 24.3 Å². The summed E-state index contributed by atoms with van der Waals surface area (Å²) in [6.45, 7) is 0. The highest BCUT2D eigenvalue weighted by Crippen LogP contribution is 2.25. The number of halogens is 2. The van der Waals surface area contributed by atoms with Crippen LogP contribution in [-0.2, 0) is 18.3 Å². The lowest BCUT2D eigenvalue weighted by molar-refractivity contribution is -0.115.